The Morgan fingerprint density at radius 2 is 2.00 bits per heavy atom. The minimum atomic E-state index is 0.537. The van der Waals surface area contributed by atoms with Gasteiger partial charge in [-0.3, -0.25) is 4.98 Å². The minimum absolute atomic E-state index is 0.537. The zero-order valence-corrected chi connectivity index (χ0v) is 15.0. The normalized spacial score (nSPS) is 11.3. The summed E-state index contributed by atoms with van der Waals surface area (Å²) in [5.74, 6) is 0.537. The molecule has 0 aliphatic carbocycles. The van der Waals surface area contributed by atoms with Gasteiger partial charge in [0, 0.05) is 24.5 Å². The second-order valence-electron chi connectivity index (χ2n) is 6.25. The van der Waals surface area contributed by atoms with Crippen LogP contribution in [0.2, 0.25) is 0 Å². The summed E-state index contributed by atoms with van der Waals surface area (Å²) in [4.78, 5) is 9.70. The van der Waals surface area contributed by atoms with Crippen molar-refractivity contribution in [3.05, 3.63) is 66.1 Å². The molecule has 0 unspecified atom stereocenters. The number of nitrogens with zero attached hydrogens (tertiary/aromatic N) is 4. The third-order valence-electron chi connectivity index (χ3n) is 4.08. The fourth-order valence-electron chi connectivity index (χ4n) is 2.63. The van der Waals surface area contributed by atoms with Gasteiger partial charge in [-0.2, -0.15) is 0 Å². The number of hydrogen-bond donors (Lipinski definition) is 1. The van der Waals surface area contributed by atoms with Crippen LogP contribution in [0.5, 0.6) is 0 Å². The molecule has 0 amide bonds. The van der Waals surface area contributed by atoms with Gasteiger partial charge in [0.25, 0.3) is 0 Å². The standard InChI is InChI=1S/C19H19N5S/c1-13(2)15-5-7-16(8-6-15)17-12-24-19(22-17)25-18(23-24)21-11-14-4-3-9-20-10-14/h3-10,12-13H,11H2,1-2H3,(H,21,23). The Kier molecular flexibility index (Phi) is 4.19. The van der Waals surface area contributed by atoms with E-state index in [4.69, 9.17) is 4.98 Å². The van der Waals surface area contributed by atoms with Crippen molar-refractivity contribution in [1.29, 1.82) is 0 Å². The molecular formula is C19H19N5S. The van der Waals surface area contributed by atoms with E-state index in [9.17, 15) is 0 Å². The molecule has 1 N–H and O–H groups in total. The summed E-state index contributed by atoms with van der Waals surface area (Å²) in [6.07, 6.45) is 5.60. The largest absolute Gasteiger partial charge is 0.356 e. The highest BCUT2D eigenvalue weighted by atomic mass is 32.1. The van der Waals surface area contributed by atoms with E-state index in [0.717, 1.165) is 26.9 Å². The van der Waals surface area contributed by atoms with Crippen LogP contribution in [0.4, 0.5) is 5.13 Å². The lowest BCUT2D eigenvalue weighted by Crippen LogP contribution is -1.99. The first kappa shape index (κ1) is 15.8. The van der Waals surface area contributed by atoms with E-state index in [2.05, 4.69) is 53.5 Å². The van der Waals surface area contributed by atoms with E-state index in [-0.39, 0.29) is 0 Å². The maximum atomic E-state index is 4.70. The van der Waals surface area contributed by atoms with Crippen LogP contribution < -0.4 is 5.32 Å². The second kappa shape index (κ2) is 6.64. The maximum absolute atomic E-state index is 4.70. The number of anilines is 1. The minimum Gasteiger partial charge on any atom is -0.356 e. The molecule has 3 heterocycles. The first-order valence-electron chi connectivity index (χ1n) is 8.28. The van der Waals surface area contributed by atoms with Crippen LogP contribution >= 0.6 is 11.3 Å². The molecule has 3 aromatic heterocycles. The Labute approximate surface area is 150 Å². The monoisotopic (exact) mass is 349 g/mol. The SMILES string of the molecule is CC(C)c1ccc(-c2cn3nc(NCc4cccnc4)sc3n2)cc1. The number of hydrogen-bond acceptors (Lipinski definition) is 5. The van der Waals surface area contributed by atoms with Crippen molar-refractivity contribution in [2.75, 3.05) is 5.32 Å². The molecule has 0 saturated carbocycles. The molecule has 0 aliphatic rings. The van der Waals surface area contributed by atoms with Crippen LogP contribution in [0.15, 0.2) is 55.0 Å². The molecule has 6 heteroatoms. The van der Waals surface area contributed by atoms with E-state index in [0.29, 0.717) is 12.5 Å². The van der Waals surface area contributed by atoms with Crippen LogP contribution in [0.25, 0.3) is 16.2 Å². The number of pyridine rings is 1. The lowest BCUT2D eigenvalue weighted by Gasteiger charge is -2.05. The number of fused-ring (bicyclic) bond motifs is 1. The topological polar surface area (TPSA) is 55.1 Å². The van der Waals surface area contributed by atoms with E-state index in [1.807, 2.05) is 29.0 Å². The maximum Gasteiger partial charge on any atom is 0.214 e. The summed E-state index contributed by atoms with van der Waals surface area (Å²) in [7, 11) is 0. The third kappa shape index (κ3) is 3.39. The predicted molar refractivity (Wildman–Crippen MR) is 102 cm³/mol. The summed E-state index contributed by atoms with van der Waals surface area (Å²) in [5.41, 5.74) is 4.53. The third-order valence-corrected chi connectivity index (χ3v) is 4.96. The smallest absolute Gasteiger partial charge is 0.214 e. The Hall–Kier alpha value is -2.73. The quantitative estimate of drug-likeness (QED) is 0.572. The zero-order chi connectivity index (χ0) is 17.2. The van der Waals surface area contributed by atoms with E-state index < -0.39 is 0 Å². The van der Waals surface area contributed by atoms with Gasteiger partial charge in [-0.05, 0) is 23.1 Å². The molecule has 0 radical (unpaired) electrons. The van der Waals surface area contributed by atoms with Crippen LogP contribution in [0, 0.1) is 0 Å². The lowest BCUT2D eigenvalue weighted by atomic mass is 10.0. The van der Waals surface area contributed by atoms with Gasteiger partial charge in [0.2, 0.25) is 10.1 Å². The zero-order valence-electron chi connectivity index (χ0n) is 14.2. The Morgan fingerprint density at radius 1 is 1.16 bits per heavy atom. The molecule has 5 nitrogen and oxygen atoms in total. The van der Waals surface area contributed by atoms with E-state index in [1.54, 1.807) is 17.5 Å². The molecule has 0 aliphatic heterocycles. The van der Waals surface area contributed by atoms with Crippen molar-refractivity contribution in [2.45, 2.75) is 26.3 Å². The van der Waals surface area contributed by atoms with E-state index in [1.165, 1.54) is 5.56 Å². The molecule has 4 aromatic rings. The van der Waals surface area contributed by atoms with Crippen molar-refractivity contribution < 1.29 is 0 Å². The van der Waals surface area contributed by atoms with Crippen molar-refractivity contribution in [2.24, 2.45) is 0 Å². The number of benzene rings is 1. The number of imidazole rings is 1. The summed E-state index contributed by atoms with van der Waals surface area (Å²) in [6.45, 7) is 5.10. The predicted octanol–water partition coefficient (Wildman–Crippen LogP) is 4.59. The molecule has 25 heavy (non-hydrogen) atoms. The van der Waals surface area contributed by atoms with Crippen LogP contribution in [-0.4, -0.2) is 19.6 Å². The van der Waals surface area contributed by atoms with E-state index >= 15 is 0 Å². The highest BCUT2D eigenvalue weighted by Gasteiger charge is 2.10. The van der Waals surface area contributed by atoms with Gasteiger partial charge in [-0.1, -0.05) is 55.5 Å². The average molecular weight is 349 g/mol. The highest BCUT2D eigenvalue weighted by Crippen LogP contribution is 2.26. The van der Waals surface area contributed by atoms with Crippen molar-refractivity contribution in [1.82, 2.24) is 19.6 Å². The van der Waals surface area contributed by atoms with Gasteiger partial charge in [-0.15, -0.1) is 5.10 Å². The van der Waals surface area contributed by atoms with Crippen molar-refractivity contribution in [3.8, 4) is 11.3 Å². The Balaban J connectivity index is 1.51. The molecule has 1 aromatic carbocycles. The van der Waals surface area contributed by atoms with Gasteiger partial charge in [0.05, 0.1) is 11.9 Å². The van der Waals surface area contributed by atoms with Crippen molar-refractivity contribution >= 4 is 21.4 Å². The molecule has 0 bridgehead atoms. The molecule has 0 spiro atoms. The van der Waals surface area contributed by atoms with Gasteiger partial charge >= 0.3 is 0 Å². The van der Waals surface area contributed by atoms with Gasteiger partial charge in [-0.25, -0.2) is 9.50 Å². The van der Waals surface area contributed by atoms with Crippen LogP contribution in [0.1, 0.15) is 30.9 Å². The Morgan fingerprint density at radius 3 is 2.68 bits per heavy atom. The average Bonchev–Trinajstić information content (AvgIpc) is 3.19. The first-order chi connectivity index (χ1) is 12.2. The van der Waals surface area contributed by atoms with Gasteiger partial charge < -0.3 is 5.32 Å². The van der Waals surface area contributed by atoms with Gasteiger partial charge in [0.1, 0.15) is 0 Å². The summed E-state index contributed by atoms with van der Waals surface area (Å²) in [6, 6.07) is 12.6. The van der Waals surface area contributed by atoms with Crippen molar-refractivity contribution in [3.63, 3.8) is 0 Å². The molecule has 126 valence electrons. The number of rotatable bonds is 5. The second-order valence-corrected chi connectivity index (χ2v) is 7.21. The molecule has 0 saturated heterocycles. The summed E-state index contributed by atoms with van der Waals surface area (Å²) >= 11 is 1.55. The fourth-order valence-corrected chi connectivity index (χ4v) is 3.41. The Bertz CT molecular complexity index is 939. The lowest BCUT2D eigenvalue weighted by molar-refractivity contribution is 0.867. The fraction of sp³-hybridized carbons (Fsp3) is 0.211. The van der Waals surface area contributed by atoms with Crippen LogP contribution in [0.3, 0.4) is 0 Å². The highest BCUT2D eigenvalue weighted by molar-refractivity contribution is 7.20. The molecule has 0 fully saturated rings. The first-order valence-corrected chi connectivity index (χ1v) is 9.10. The number of aromatic nitrogens is 4. The molecular weight excluding hydrogens is 330 g/mol. The number of nitrogens with one attached hydrogen (secondary N) is 1. The molecule has 4 rings (SSSR count). The van der Waals surface area contributed by atoms with Gasteiger partial charge in [0.15, 0.2) is 0 Å². The summed E-state index contributed by atoms with van der Waals surface area (Å²) in [5, 5.41) is 8.74. The summed E-state index contributed by atoms with van der Waals surface area (Å²) < 4.78 is 1.84. The van der Waals surface area contributed by atoms with Crippen LogP contribution in [-0.2, 0) is 6.54 Å². The molecule has 0 atom stereocenters.